The maximum atomic E-state index is 13.5. The molecule has 15 nitrogen and oxygen atoms in total. The van der Waals surface area contributed by atoms with E-state index in [1.165, 1.54) is 13.8 Å². The minimum absolute atomic E-state index is 0.00981. The molecule has 1 amide bonds. The molecular weight excluding hydrogens is 588 g/mol. The third-order valence-electron chi connectivity index (χ3n) is 5.54. The number of carbonyl (C=O) groups is 1. The van der Waals surface area contributed by atoms with E-state index in [1.807, 2.05) is 6.07 Å². The second-order valence-electron chi connectivity index (χ2n) is 8.03. The number of amides is 1. The van der Waals surface area contributed by atoms with E-state index in [-0.39, 0.29) is 33.1 Å². The maximum Gasteiger partial charge on any atom is 0.294 e. The van der Waals surface area contributed by atoms with Gasteiger partial charge >= 0.3 is 0 Å². The van der Waals surface area contributed by atoms with Gasteiger partial charge in [0.25, 0.3) is 31.7 Å². The number of carbonyl (C=O) groups excluding carboxylic acids is 1. The minimum atomic E-state index is -4.99. The number of nitrogens with zero attached hydrogens (tertiary/aromatic N) is 5. The Bertz CT molecular complexity index is 1910. The molecule has 18 heteroatoms. The van der Waals surface area contributed by atoms with Gasteiger partial charge in [-0.2, -0.15) is 27.2 Å². The van der Waals surface area contributed by atoms with Crippen LogP contribution in [-0.4, -0.2) is 41.5 Å². The summed E-state index contributed by atoms with van der Waals surface area (Å²) in [6, 6.07) is 3.93. The average molecular weight is 607 g/mol. The third kappa shape index (κ3) is 5.76. The highest BCUT2D eigenvalue weighted by Crippen LogP contribution is 2.42. The van der Waals surface area contributed by atoms with Crippen LogP contribution in [-0.2, 0) is 33.2 Å². The lowest BCUT2D eigenvalue weighted by atomic mass is 10.0. The number of azo groups is 1. The van der Waals surface area contributed by atoms with Crippen molar-refractivity contribution in [2.24, 2.45) is 16.0 Å². The number of aromatic hydroxyl groups is 1. The normalized spacial score (nSPS) is 11.8. The minimum Gasteiger partial charge on any atom is -0.494 e. The monoisotopic (exact) mass is 606 g/mol. The number of hydrogen-bond acceptors (Lipinski definition) is 11. The van der Waals surface area contributed by atoms with Gasteiger partial charge in [0.05, 0.1) is 27.8 Å². The number of hydrogen-bond donors (Lipinski definition) is 4. The van der Waals surface area contributed by atoms with Crippen LogP contribution in [0, 0.1) is 24.8 Å². The largest absolute Gasteiger partial charge is 0.494 e. The highest BCUT2D eigenvalue weighted by atomic mass is 32.2. The molecule has 0 aliphatic rings. The van der Waals surface area contributed by atoms with Gasteiger partial charge in [-0.05, 0) is 42.7 Å². The van der Waals surface area contributed by atoms with Crippen LogP contribution in [0.3, 0.4) is 0 Å². The predicted octanol–water partition coefficient (Wildman–Crippen LogP) is 2.96. The van der Waals surface area contributed by atoms with E-state index in [2.05, 4.69) is 15.1 Å². The Hall–Kier alpha value is -4.46. The number of rotatable bonds is 8. The molecule has 208 valence electrons. The first kappa shape index (κ1) is 30.1. The van der Waals surface area contributed by atoms with Gasteiger partial charge in [-0.3, -0.25) is 23.3 Å². The zero-order valence-electron chi connectivity index (χ0n) is 20.5. The zero-order valence-corrected chi connectivity index (χ0v) is 22.9. The lowest BCUT2D eigenvalue weighted by Crippen LogP contribution is -2.27. The van der Waals surface area contributed by atoms with Gasteiger partial charge in [0.2, 0.25) is 11.6 Å². The van der Waals surface area contributed by atoms with Crippen molar-refractivity contribution in [3.8, 4) is 11.9 Å². The van der Waals surface area contributed by atoms with E-state index in [0.29, 0.717) is 16.2 Å². The second-order valence-corrected chi connectivity index (χ2v) is 11.9. The van der Waals surface area contributed by atoms with E-state index in [9.17, 15) is 45.9 Å². The number of benzene rings is 1. The van der Waals surface area contributed by atoms with E-state index in [4.69, 9.17) is 12.3 Å². The van der Waals surface area contributed by atoms with Crippen LogP contribution < -0.4 is 11.3 Å². The topological polar surface area (TPSA) is 247 Å². The second kappa shape index (κ2) is 11.0. The van der Waals surface area contributed by atoms with Gasteiger partial charge in [0, 0.05) is 5.56 Å². The van der Waals surface area contributed by atoms with E-state index >= 15 is 0 Å². The summed E-state index contributed by atoms with van der Waals surface area (Å²) in [5, 5.41) is 27.9. The fourth-order valence-corrected chi connectivity index (χ4v) is 5.78. The molecule has 2 heterocycles. The van der Waals surface area contributed by atoms with Crippen molar-refractivity contribution in [3.05, 3.63) is 67.1 Å². The Morgan fingerprint density at radius 2 is 1.75 bits per heavy atom. The Morgan fingerprint density at radius 3 is 2.20 bits per heavy atom. The van der Waals surface area contributed by atoms with Gasteiger partial charge in [0.1, 0.15) is 16.6 Å². The lowest BCUT2D eigenvalue weighted by molar-refractivity contribution is 0.0995. The molecule has 5 N–H and O–H groups in total. The van der Waals surface area contributed by atoms with Crippen molar-refractivity contribution in [3.63, 3.8) is 0 Å². The van der Waals surface area contributed by atoms with Crippen LogP contribution in [0.5, 0.6) is 5.88 Å². The van der Waals surface area contributed by atoms with Gasteiger partial charge in [-0.15, -0.1) is 16.5 Å². The third-order valence-corrected chi connectivity index (χ3v) is 8.27. The van der Waals surface area contributed by atoms with Gasteiger partial charge < -0.3 is 10.8 Å². The Morgan fingerprint density at radius 1 is 1.18 bits per heavy atom. The molecule has 0 bridgehead atoms. The summed E-state index contributed by atoms with van der Waals surface area (Å²) in [7, 11) is -9.98. The number of primary amides is 1. The highest BCUT2D eigenvalue weighted by molar-refractivity contribution is 7.86. The quantitative estimate of drug-likeness (QED) is 0.166. The fourth-order valence-electron chi connectivity index (χ4n) is 3.69. The molecule has 0 unspecified atom stereocenters. The first-order valence-electron chi connectivity index (χ1n) is 10.7. The van der Waals surface area contributed by atoms with Crippen LogP contribution in [0.25, 0.3) is 4.85 Å². The van der Waals surface area contributed by atoms with Gasteiger partial charge in [0.15, 0.2) is 5.69 Å². The van der Waals surface area contributed by atoms with Crippen LogP contribution in [0.15, 0.2) is 43.0 Å². The molecule has 0 radical (unpaired) electrons. The van der Waals surface area contributed by atoms with Crippen LogP contribution in [0.1, 0.15) is 38.8 Å². The van der Waals surface area contributed by atoms with Crippen molar-refractivity contribution < 1.29 is 35.8 Å². The summed E-state index contributed by atoms with van der Waals surface area (Å²) in [6.45, 7) is 9.62. The average Bonchev–Trinajstić information content (AvgIpc) is 3.18. The van der Waals surface area contributed by atoms with E-state index in [1.54, 1.807) is 0 Å². The predicted molar refractivity (Wildman–Crippen MR) is 140 cm³/mol. The number of aromatic nitrogens is 1. The van der Waals surface area contributed by atoms with E-state index in [0.717, 1.165) is 23.5 Å². The first-order chi connectivity index (χ1) is 18.5. The smallest absolute Gasteiger partial charge is 0.294 e. The van der Waals surface area contributed by atoms with Crippen molar-refractivity contribution >= 4 is 53.9 Å². The number of nitriles is 1. The van der Waals surface area contributed by atoms with E-state index < -0.39 is 65.2 Å². The summed E-state index contributed by atoms with van der Waals surface area (Å²) in [4.78, 5) is 27.4. The Labute approximate surface area is 230 Å². The van der Waals surface area contributed by atoms with Gasteiger partial charge in [-0.1, -0.05) is 6.92 Å². The molecule has 0 aliphatic carbocycles. The van der Waals surface area contributed by atoms with Crippen molar-refractivity contribution in [2.75, 3.05) is 0 Å². The molecule has 40 heavy (non-hydrogen) atoms. The summed E-state index contributed by atoms with van der Waals surface area (Å²) < 4.78 is 66.1. The molecule has 0 spiro atoms. The Balaban J connectivity index is 2.33. The molecule has 2 aromatic heterocycles. The lowest BCUT2D eigenvalue weighted by Gasteiger charge is -2.16. The van der Waals surface area contributed by atoms with Crippen LogP contribution in [0.2, 0.25) is 0 Å². The maximum absolute atomic E-state index is 13.5. The summed E-state index contributed by atoms with van der Waals surface area (Å²) >= 11 is 0.831. The molecular formula is C22H18N6O9S3. The fraction of sp³-hybridized carbons (Fsp3) is 0.182. The molecule has 0 saturated carbocycles. The Kier molecular flexibility index (Phi) is 8.24. The highest BCUT2D eigenvalue weighted by Gasteiger charge is 2.26. The number of pyridine rings is 1. The van der Waals surface area contributed by atoms with Crippen LogP contribution in [0.4, 0.5) is 16.4 Å². The molecule has 0 fully saturated rings. The first-order valence-corrected chi connectivity index (χ1v) is 14.4. The molecule has 0 aliphatic heterocycles. The molecule has 3 rings (SSSR count). The zero-order chi connectivity index (χ0) is 30.2. The molecule has 3 aromatic rings. The number of thiophene rings is 1. The van der Waals surface area contributed by atoms with Crippen molar-refractivity contribution in [2.45, 2.75) is 36.6 Å². The number of nitrogens with two attached hydrogens (primary N) is 1. The summed E-state index contributed by atoms with van der Waals surface area (Å²) in [5.74, 6) is -2.13. The molecule has 0 atom stereocenters. The summed E-state index contributed by atoms with van der Waals surface area (Å²) in [5.41, 5.74) is 3.27. The summed E-state index contributed by atoms with van der Waals surface area (Å²) in [6.07, 6.45) is -0.0516. The van der Waals surface area contributed by atoms with Gasteiger partial charge in [-0.25, -0.2) is 4.85 Å². The van der Waals surface area contributed by atoms with Crippen LogP contribution >= 0.6 is 11.3 Å². The van der Waals surface area contributed by atoms with Crippen molar-refractivity contribution in [1.29, 1.82) is 5.26 Å². The van der Waals surface area contributed by atoms with Crippen molar-refractivity contribution in [1.82, 2.24) is 4.57 Å². The molecule has 0 saturated heterocycles. The SMILES string of the molecule is [C-]#[N+]c1c(N=Nc2c(CC)c(C(N)=O)c(O)n(Cc3cc(S(=O)(=O)O)cc(S(=O)(=O)O)c3)c2=O)sc(C#N)c1C. The molecule has 1 aromatic carbocycles. The standard InChI is InChI=1S/C22H18N6O9S3/c1-4-14-16(19(24)29)21(30)28(9-11-5-12(39(32,33)34)7-13(6-11)40(35,36)37)22(31)18(14)26-27-20-17(25-3)10(2)15(8-23)38-20/h5-7,30H,4,9H2,1-2H3,(H2,24,29)(H,32,33,34)(H,35,36,37).